The molecular formula is C16H20N2O3. The fourth-order valence-corrected chi connectivity index (χ4v) is 2.26. The van der Waals surface area contributed by atoms with Crippen LogP contribution in [-0.2, 0) is 0 Å². The van der Waals surface area contributed by atoms with Crippen LogP contribution in [0.1, 0.15) is 22.7 Å². The van der Waals surface area contributed by atoms with Crippen LogP contribution in [0.4, 0.5) is 0 Å². The van der Waals surface area contributed by atoms with Gasteiger partial charge in [-0.1, -0.05) is 0 Å². The predicted molar refractivity (Wildman–Crippen MR) is 81.1 cm³/mol. The molecule has 112 valence electrons. The summed E-state index contributed by atoms with van der Waals surface area (Å²) in [5.74, 6) is 1.73. The molecule has 1 atom stereocenters. The molecule has 2 rings (SSSR count). The summed E-state index contributed by atoms with van der Waals surface area (Å²) in [7, 11) is 4.75. The van der Waals surface area contributed by atoms with Crippen molar-refractivity contribution in [2.75, 3.05) is 21.3 Å². The van der Waals surface area contributed by atoms with E-state index in [1.54, 1.807) is 33.7 Å². The van der Waals surface area contributed by atoms with Crippen molar-refractivity contribution in [3.63, 3.8) is 0 Å². The van der Waals surface area contributed by atoms with Gasteiger partial charge in [-0.05, 0) is 41.8 Å². The van der Waals surface area contributed by atoms with Gasteiger partial charge >= 0.3 is 0 Å². The van der Waals surface area contributed by atoms with Gasteiger partial charge in [-0.3, -0.25) is 4.98 Å². The molecule has 1 heterocycles. The second kappa shape index (κ2) is 6.45. The standard InChI is InChI=1S/C16H20N2O3/c1-10-5-6-18-9-12(10)15(17)11-7-13(19-2)16(21-4)14(8-11)20-3/h5-9,15H,17H2,1-4H3. The molecule has 0 aliphatic carbocycles. The van der Waals surface area contributed by atoms with Crippen molar-refractivity contribution in [1.29, 1.82) is 0 Å². The summed E-state index contributed by atoms with van der Waals surface area (Å²) >= 11 is 0. The SMILES string of the molecule is COc1cc(C(N)c2cnccc2C)cc(OC)c1OC. The second-order valence-corrected chi connectivity index (χ2v) is 4.67. The van der Waals surface area contributed by atoms with Gasteiger partial charge in [0, 0.05) is 12.4 Å². The average molecular weight is 288 g/mol. The van der Waals surface area contributed by atoms with Gasteiger partial charge < -0.3 is 19.9 Å². The molecule has 2 N–H and O–H groups in total. The molecular weight excluding hydrogens is 268 g/mol. The zero-order valence-electron chi connectivity index (χ0n) is 12.7. The van der Waals surface area contributed by atoms with Crippen LogP contribution in [0, 0.1) is 6.92 Å². The smallest absolute Gasteiger partial charge is 0.203 e. The summed E-state index contributed by atoms with van der Waals surface area (Å²) in [6.07, 6.45) is 3.53. The van der Waals surface area contributed by atoms with Gasteiger partial charge in [-0.25, -0.2) is 0 Å². The first-order valence-electron chi connectivity index (χ1n) is 6.58. The highest BCUT2D eigenvalue weighted by molar-refractivity contribution is 5.55. The molecule has 5 nitrogen and oxygen atoms in total. The van der Waals surface area contributed by atoms with Crippen molar-refractivity contribution in [2.45, 2.75) is 13.0 Å². The Balaban J connectivity index is 2.51. The minimum Gasteiger partial charge on any atom is -0.493 e. The van der Waals surface area contributed by atoms with E-state index in [1.807, 2.05) is 25.1 Å². The lowest BCUT2D eigenvalue weighted by Crippen LogP contribution is -2.14. The molecule has 1 aromatic carbocycles. The Kier molecular flexibility index (Phi) is 4.65. The number of aromatic nitrogens is 1. The van der Waals surface area contributed by atoms with E-state index in [0.717, 1.165) is 16.7 Å². The fraction of sp³-hybridized carbons (Fsp3) is 0.312. The third-order valence-corrected chi connectivity index (χ3v) is 3.46. The average Bonchev–Trinajstić information content (AvgIpc) is 2.53. The summed E-state index contributed by atoms with van der Waals surface area (Å²) in [6.45, 7) is 2.01. The highest BCUT2D eigenvalue weighted by atomic mass is 16.5. The van der Waals surface area contributed by atoms with E-state index in [9.17, 15) is 0 Å². The summed E-state index contributed by atoms with van der Waals surface area (Å²) in [5, 5.41) is 0. The highest BCUT2D eigenvalue weighted by Crippen LogP contribution is 2.40. The van der Waals surface area contributed by atoms with E-state index in [4.69, 9.17) is 19.9 Å². The van der Waals surface area contributed by atoms with E-state index >= 15 is 0 Å². The Labute approximate surface area is 124 Å². The lowest BCUT2D eigenvalue weighted by molar-refractivity contribution is 0.323. The first-order chi connectivity index (χ1) is 10.1. The van der Waals surface area contributed by atoms with Crippen LogP contribution in [0.2, 0.25) is 0 Å². The Morgan fingerprint density at radius 2 is 1.67 bits per heavy atom. The summed E-state index contributed by atoms with van der Waals surface area (Å²) < 4.78 is 16.0. The number of aryl methyl sites for hydroxylation is 1. The highest BCUT2D eigenvalue weighted by Gasteiger charge is 2.18. The van der Waals surface area contributed by atoms with Crippen LogP contribution in [-0.4, -0.2) is 26.3 Å². The van der Waals surface area contributed by atoms with E-state index < -0.39 is 0 Å². The number of pyridine rings is 1. The topological polar surface area (TPSA) is 66.6 Å². The van der Waals surface area contributed by atoms with Gasteiger partial charge in [0.1, 0.15) is 0 Å². The fourth-order valence-electron chi connectivity index (χ4n) is 2.26. The molecule has 0 amide bonds. The van der Waals surface area contributed by atoms with Gasteiger partial charge in [-0.15, -0.1) is 0 Å². The van der Waals surface area contributed by atoms with Crippen molar-refractivity contribution in [2.24, 2.45) is 5.73 Å². The zero-order valence-corrected chi connectivity index (χ0v) is 12.7. The minimum atomic E-state index is -0.313. The van der Waals surface area contributed by atoms with Gasteiger partial charge in [0.2, 0.25) is 5.75 Å². The molecule has 0 saturated heterocycles. The molecule has 0 saturated carbocycles. The van der Waals surface area contributed by atoms with Crippen LogP contribution >= 0.6 is 0 Å². The summed E-state index contributed by atoms with van der Waals surface area (Å²) in [4.78, 5) is 4.14. The van der Waals surface area contributed by atoms with Crippen LogP contribution in [0.5, 0.6) is 17.2 Å². The van der Waals surface area contributed by atoms with Crippen molar-refractivity contribution in [1.82, 2.24) is 4.98 Å². The lowest BCUT2D eigenvalue weighted by Gasteiger charge is -2.19. The van der Waals surface area contributed by atoms with E-state index in [2.05, 4.69) is 4.98 Å². The summed E-state index contributed by atoms with van der Waals surface area (Å²) in [6, 6.07) is 5.34. The molecule has 0 aliphatic rings. The Morgan fingerprint density at radius 3 is 2.14 bits per heavy atom. The Bertz CT molecular complexity index is 604. The van der Waals surface area contributed by atoms with Crippen molar-refractivity contribution in [3.05, 3.63) is 47.3 Å². The molecule has 21 heavy (non-hydrogen) atoms. The third kappa shape index (κ3) is 2.92. The maximum atomic E-state index is 6.36. The molecule has 0 radical (unpaired) electrons. The minimum absolute atomic E-state index is 0.313. The number of nitrogens with zero attached hydrogens (tertiary/aromatic N) is 1. The second-order valence-electron chi connectivity index (χ2n) is 4.67. The van der Waals surface area contributed by atoms with Crippen LogP contribution in [0.25, 0.3) is 0 Å². The molecule has 0 aliphatic heterocycles. The van der Waals surface area contributed by atoms with Crippen molar-refractivity contribution >= 4 is 0 Å². The van der Waals surface area contributed by atoms with Crippen LogP contribution in [0.3, 0.4) is 0 Å². The van der Waals surface area contributed by atoms with Crippen molar-refractivity contribution < 1.29 is 14.2 Å². The van der Waals surface area contributed by atoms with E-state index in [1.165, 1.54) is 0 Å². The van der Waals surface area contributed by atoms with Crippen LogP contribution in [0.15, 0.2) is 30.6 Å². The largest absolute Gasteiger partial charge is 0.493 e. The molecule has 1 aromatic heterocycles. The van der Waals surface area contributed by atoms with Gasteiger partial charge in [-0.2, -0.15) is 0 Å². The number of hydrogen-bond donors (Lipinski definition) is 1. The quantitative estimate of drug-likeness (QED) is 0.915. The molecule has 0 fully saturated rings. The number of ether oxygens (including phenoxy) is 3. The van der Waals surface area contributed by atoms with Gasteiger partial charge in [0.25, 0.3) is 0 Å². The third-order valence-electron chi connectivity index (χ3n) is 3.46. The zero-order chi connectivity index (χ0) is 15.4. The normalized spacial score (nSPS) is 11.9. The Hall–Kier alpha value is -2.27. The number of benzene rings is 1. The molecule has 1 unspecified atom stereocenters. The van der Waals surface area contributed by atoms with Gasteiger partial charge in [0.05, 0.1) is 27.4 Å². The maximum Gasteiger partial charge on any atom is 0.203 e. The number of methoxy groups -OCH3 is 3. The molecule has 0 bridgehead atoms. The van der Waals surface area contributed by atoms with Crippen LogP contribution < -0.4 is 19.9 Å². The van der Waals surface area contributed by atoms with Gasteiger partial charge in [0.15, 0.2) is 11.5 Å². The van der Waals surface area contributed by atoms with E-state index in [0.29, 0.717) is 17.2 Å². The summed E-state index contributed by atoms with van der Waals surface area (Å²) in [5.41, 5.74) is 9.29. The van der Waals surface area contributed by atoms with Crippen molar-refractivity contribution in [3.8, 4) is 17.2 Å². The first kappa shape index (κ1) is 15.1. The Morgan fingerprint density at radius 1 is 1.05 bits per heavy atom. The number of nitrogens with two attached hydrogens (primary N) is 1. The molecule has 0 spiro atoms. The monoisotopic (exact) mass is 288 g/mol. The van der Waals surface area contributed by atoms with E-state index in [-0.39, 0.29) is 6.04 Å². The molecule has 5 heteroatoms. The maximum absolute atomic E-state index is 6.36. The predicted octanol–water partition coefficient (Wildman–Crippen LogP) is 2.46. The molecule has 2 aromatic rings. The lowest BCUT2D eigenvalue weighted by atomic mass is 9.97. The number of rotatable bonds is 5. The number of hydrogen-bond acceptors (Lipinski definition) is 5. The first-order valence-corrected chi connectivity index (χ1v) is 6.58.